The van der Waals surface area contributed by atoms with E-state index in [1.165, 1.54) is 13.1 Å². The van der Waals surface area contributed by atoms with Crippen LogP contribution in [0.15, 0.2) is 24.3 Å². The highest BCUT2D eigenvalue weighted by molar-refractivity contribution is 7.92. The van der Waals surface area contributed by atoms with Crippen molar-refractivity contribution < 1.29 is 18.3 Å². The second-order valence-electron chi connectivity index (χ2n) is 3.64. The minimum absolute atomic E-state index is 0.352. The predicted octanol–water partition coefficient (Wildman–Crippen LogP) is 0.167. The Kier molecular flexibility index (Phi) is 3.74. The van der Waals surface area contributed by atoms with Gasteiger partial charge in [0.25, 0.3) is 0 Å². The van der Waals surface area contributed by atoms with Crippen molar-refractivity contribution in [1.82, 2.24) is 0 Å². The fourth-order valence-corrected chi connectivity index (χ4v) is 1.74. The van der Waals surface area contributed by atoms with Gasteiger partial charge in [0.1, 0.15) is 6.04 Å². The third-order valence-electron chi connectivity index (χ3n) is 2.36. The molecule has 0 bridgehead atoms. The Morgan fingerprint density at radius 1 is 1.47 bits per heavy atom. The van der Waals surface area contributed by atoms with E-state index in [1.54, 1.807) is 18.2 Å². The summed E-state index contributed by atoms with van der Waals surface area (Å²) in [5.41, 5.74) is 6.18. The molecule has 17 heavy (non-hydrogen) atoms. The molecule has 0 aliphatic rings. The standard InChI is InChI=1S/C10H14N2O4S/c1-12(17(2,15)16)8-5-3-4-7(6-8)9(11)10(13)14/h3-6,9H,11H2,1-2H3,(H,13,14). The molecule has 6 nitrogen and oxygen atoms in total. The van der Waals surface area contributed by atoms with E-state index in [0.29, 0.717) is 11.3 Å². The number of rotatable bonds is 4. The van der Waals surface area contributed by atoms with Crippen LogP contribution in [-0.2, 0) is 14.8 Å². The summed E-state index contributed by atoms with van der Waals surface area (Å²) in [6.45, 7) is 0. The summed E-state index contributed by atoms with van der Waals surface area (Å²) in [6, 6.07) is 4.95. The average molecular weight is 258 g/mol. The average Bonchev–Trinajstić information content (AvgIpc) is 2.25. The van der Waals surface area contributed by atoms with Crippen molar-refractivity contribution in [2.24, 2.45) is 5.73 Å². The monoisotopic (exact) mass is 258 g/mol. The van der Waals surface area contributed by atoms with Crippen LogP contribution in [0.5, 0.6) is 0 Å². The lowest BCUT2D eigenvalue weighted by Gasteiger charge is -2.18. The highest BCUT2D eigenvalue weighted by Gasteiger charge is 2.17. The Balaban J connectivity index is 3.14. The number of sulfonamides is 1. The molecule has 7 heteroatoms. The fraction of sp³-hybridized carbons (Fsp3) is 0.300. The van der Waals surface area contributed by atoms with Crippen molar-refractivity contribution >= 4 is 21.7 Å². The summed E-state index contributed by atoms with van der Waals surface area (Å²) in [4.78, 5) is 10.7. The zero-order valence-corrected chi connectivity index (χ0v) is 10.3. The molecule has 1 unspecified atom stereocenters. The van der Waals surface area contributed by atoms with Gasteiger partial charge in [-0.25, -0.2) is 8.42 Å². The first-order valence-corrected chi connectivity index (χ1v) is 6.60. The SMILES string of the molecule is CN(c1cccc(C(N)C(=O)O)c1)S(C)(=O)=O. The van der Waals surface area contributed by atoms with Crippen molar-refractivity contribution in [3.63, 3.8) is 0 Å². The van der Waals surface area contributed by atoms with Crippen molar-refractivity contribution in [1.29, 1.82) is 0 Å². The number of carboxylic acid groups (broad SMARTS) is 1. The number of carbonyl (C=O) groups is 1. The first kappa shape index (κ1) is 13.5. The molecule has 3 N–H and O–H groups in total. The Bertz CT molecular complexity index is 527. The highest BCUT2D eigenvalue weighted by atomic mass is 32.2. The fourth-order valence-electron chi connectivity index (χ4n) is 1.25. The molecular weight excluding hydrogens is 244 g/mol. The number of anilines is 1. The largest absolute Gasteiger partial charge is 0.480 e. The van der Waals surface area contributed by atoms with E-state index in [1.807, 2.05) is 0 Å². The second-order valence-corrected chi connectivity index (χ2v) is 5.66. The maximum Gasteiger partial charge on any atom is 0.325 e. The first-order valence-electron chi connectivity index (χ1n) is 4.75. The summed E-state index contributed by atoms with van der Waals surface area (Å²) < 4.78 is 23.7. The number of nitrogens with zero attached hydrogens (tertiary/aromatic N) is 1. The number of hydrogen-bond acceptors (Lipinski definition) is 4. The molecule has 1 aromatic rings. The topological polar surface area (TPSA) is 101 Å². The Labute approximate surface area is 99.7 Å². The molecule has 1 atom stereocenters. The van der Waals surface area contributed by atoms with E-state index < -0.39 is 22.0 Å². The zero-order chi connectivity index (χ0) is 13.2. The number of hydrogen-bond donors (Lipinski definition) is 2. The minimum atomic E-state index is -3.37. The first-order chi connectivity index (χ1) is 7.73. The summed E-state index contributed by atoms with van der Waals surface area (Å²) in [6.07, 6.45) is 1.07. The van der Waals surface area contributed by atoms with Gasteiger partial charge in [0.05, 0.1) is 11.9 Å². The van der Waals surface area contributed by atoms with Crippen molar-refractivity contribution in [3.8, 4) is 0 Å². The number of benzene rings is 1. The van der Waals surface area contributed by atoms with Crippen LogP contribution in [-0.4, -0.2) is 32.8 Å². The molecule has 0 saturated heterocycles. The third-order valence-corrected chi connectivity index (χ3v) is 3.56. The van der Waals surface area contributed by atoms with Gasteiger partial charge in [-0.05, 0) is 17.7 Å². The van der Waals surface area contributed by atoms with E-state index in [9.17, 15) is 13.2 Å². The number of nitrogens with two attached hydrogens (primary N) is 1. The number of carboxylic acids is 1. The van der Waals surface area contributed by atoms with Crippen molar-refractivity contribution in [3.05, 3.63) is 29.8 Å². The van der Waals surface area contributed by atoms with Crippen molar-refractivity contribution in [2.45, 2.75) is 6.04 Å². The lowest BCUT2D eigenvalue weighted by Crippen LogP contribution is -2.26. The van der Waals surface area contributed by atoms with E-state index in [4.69, 9.17) is 10.8 Å². The van der Waals surface area contributed by atoms with E-state index >= 15 is 0 Å². The highest BCUT2D eigenvalue weighted by Crippen LogP contribution is 2.20. The minimum Gasteiger partial charge on any atom is -0.480 e. The maximum absolute atomic E-state index is 11.3. The maximum atomic E-state index is 11.3. The quantitative estimate of drug-likeness (QED) is 0.801. The second kappa shape index (κ2) is 4.72. The Morgan fingerprint density at radius 2 is 2.06 bits per heavy atom. The molecule has 0 heterocycles. The molecule has 0 fully saturated rings. The molecule has 0 aliphatic carbocycles. The van der Waals surface area contributed by atoms with Gasteiger partial charge in [0, 0.05) is 7.05 Å². The van der Waals surface area contributed by atoms with Crippen LogP contribution in [0.4, 0.5) is 5.69 Å². The lowest BCUT2D eigenvalue weighted by molar-refractivity contribution is -0.138. The van der Waals surface area contributed by atoms with E-state index in [2.05, 4.69) is 0 Å². The summed E-state index contributed by atoms with van der Waals surface area (Å²) in [7, 11) is -1.98. The van der Waals surface area contributed by atoms with Crippen LogP contribution in [0.3, 0.4) is 0 Å². The van der Waals surface area contributed by atoms with Crippen LogP contribution < -0.4 is 10.0 Å². The molecule has 0 spiro atoms. The molecule has 0 saturated carbocycles. The predicted molar refractivity (Wildman–Crippen MR) is 64.3 cm³/mol. The van der Waals surface area contributed by atoms with Gasteiger partial charge in [0.15, 0.2) is 0 Å². The molecular formula is C10H14N2O4S. The molecule has 1 aromatic carbocycles. The Hall–Kier alpha value is -1.60. The molecule has 0 radical (unpaired) electrons. The van der Waals surface area contributed by atoms with Crippen LogP contribution >= 0.6 is 0 Å². The van der Waals surface area contributed by atoms with Gasteiger partial charge in [-0.2, -0.15) is 0 Å². The van der Waals surface area contributed by atoms with Gasteiger partial charge in [0.2, 0.25) is 10.0 Å². The molecule has 0 aliphatic heterocycles. The molecule has 0 amide bonds. The molecule has 94 valence electrons. The van der Waals surface area contributed by atoms with Gasteiger partial charge in [-0.3, -0.25) is 9.10 Å². The van der Waals surface area contributed by atoms with Crippen LogP contribution in [0.25, 0.3) is 0 Å². The van der Waals surface area contributed by atoms with Crippen LogP contribution in [0.1, 0.15) is 11.6 Å². The van der Waals surface area contributed by atoms with Gasteiger partial charge in [-0.15, -0.1) is 0 Å². The van der Waals surface area contributed by atoms with Crippen LogP contribution in [0.2, 0.25) is 0 Å². The summed E-state index contributed by atoms with van der Waals surface area (Å²) in [5.74, 6) is -1.16. The lowest BCUT2D eigenvalue weighted by atomic mass is 10.1. The van der Waals surface area contributed by atoms with Gasteiger partial charge in [-0.1, -0.05) is 12.1 Å². The smallest absolute Gasteiger partial charge is 0.325 e. The van der Waals surface area contributed by atoms with Gasteiger partial charge < -0.3 is 10.8 Å². The van der Waals surface area contributed by atoms with E-state index in [0.717, 1.165) is 10.6 Å². The number of aliphatic carboxylic acids is 1. The van der Waals surface area contributed by atoms with E-state index in [-0.39, 0.29) is 0 Å². The van der Waals surface area contributed by atoms with Crippen molar-refractivity contribution in [2.75, 3.05) is 17.6 Å². The summed E-state index contributed by atoms with van der Waals surface area (Å²) in [5, 5.41) is 8.77. The van der Waals surface area contributed by atoms with Gasteiger partial charge >= 0.3 is 5.97 Å². The zero-order valence-electron chi connectivity index (χ0n) is 9.49. The normalized spacial score (nSPS) is 13.1. The third kappa shape index (κ3) is 3.18. The Morgan fingerprint density at radius 3 is 2.53 bits per heavy atom. The molecule has 0 aromatic heterocycles. The summed E-state index contributed by atoms with van der Waals surface area (Å²) >= 11 is 0. The molecule has 1 rings (SSSR count). The van der Waals surface area contributed by atoms with Crippen LogP contribution in [0, 0.1) is 0 Å².